The zero-order valence-electron chi connectivity index (χ0n) is 22.5. The van der Waals surface area contributed by atoms with E-state index in [9.17, 15) is 9.59 Å². The van der Waals surface area contributed by atoms with Gasteiger partial charge in [-0.25, -0.2) is 0 Å². The summed E-state index contributed by atoms with van der Waals surface area (Å²) in [5, 5.41) is 0. The van der Waals surface area contributed by atoms with E-state index in [0.29, 0.717) is 34.1 Å². The highest BCUT2D eigenvalue weighted by molar-refractivity contribution is 6.55. The monoisotopic (exact) mass is 586 g/mol. The maximum Gasteiger partial charge on any atom is 0.311 e. The lowest BCUT2D eigenvalue weighted by Gasteiger charge is -2.19. The van der Waals surface area contributed by atoms with Gasteiger partial charge in [0.25, 0.3) is 0 Å². The Bertz CT molecular complexity index is 1560. The highest BCUT2D eigenvalue weighted by Crippen LogP contribution is 2.60. The molecule has 1 aliphatic carbocycles. The molecule has 41 heavy (non-hydrogen) atoms. The number of carbonyl (C=O) groups is 2. The molecule has 1 unspecified atom stereocenters. The van der Waals surface area contributed by atoms with Crippen LogP contribution in [0.2, 0.25) is 0 Å². The lowest BCUT2D eigenvalue weighted by molar-refractivity contribution is -0.150. The van der Waals surface area contributed by atoms with Gasteiger partial charge in [0.2, 0.25) is 5.78 Å². The Hall–Kier alpha value is -4.06. The van der Waals surface area contributed by atoms with Crippen LogP contribution in [0.4, 0.5) is 0 Å². The van der Waals surface area contributed by atoms with Crippen molar-refractivity contribution >= 4 is 35.0 Å². The van der Waals surface area contributed by atoms with Crippen LogP contribution >= 0.6 is 23.2 Å². The average molecular weight is 587 g/mol. The fourth-order valence-corrected chi connectivity index (χ4v) is 5.16. The molecular weight excluding hydrogens is 559 g/mol. The summed E-state index contributed by atoms with van der Waals surface area (Å²) in [5.74, 6) is 0.669. The van der Waals surface area contributed by atoms with Gasteiger partial charge in [-0.1, -0.05) is 97.7 Å². The molecule has 0 heterocycles. The first-order valence-electron chi connectivity index (χ1n) is 13.2. The zero-order chi connectivity index (χ0) is 29.0. The van der Waals surface area contributed by atoms with Gasteiger partial charge in [0.15, 0.2) is 6.10 Å². The van der Waals surface area contributed by atoms with Crippen LogP contribution in [0.3, 0.4) is 0 Å². The summed E-state index contributed by atoms with van der Waals surface area (Å²) in [6.45, 7) is 3.87. The Labute approximate surface area is 249 Å². The quantitative estimate of drug-likeness (QED) is 0.137. The molecule has 5 rings (SSSR count). The number of allylic oxidation sites excluding steroid dienone is 1. The van der Waals surface area contributed by atoms with E-state index in [0.717, 1.165) is 0 Å². The van der Waals surface area contributed by atoms with E-state index in [1.54, 1.807) is 54.6 Å². The zero-order valence-corrected chi connectivity index (χ0v) is 24.0. The molecule has 0 spiro atoms. The first-order valence-corrected chi connectivity index (χ1v) is 13.9. The maximum atomic E-state index is 14.0. The van der Waals surface area contributed by atoms with E-state index < -0.39 is 29.2 Å². The second-order valence-electron chi connectivity index (χ2n) is 10.4. The van der Waals surface area contributed by atoms with Gasteiger partial charge in [0.05, 0.1) is 5.92 Å². The van der Waals surface area contributed by atoms with Crippen molar-refractivity contribution in [2.45, 2.75) is 20.0 Å². The molecule has 5 nitrogen and oxygen atoms in total. The summed E-state index contributed by atoms with van der Waals surface area (Å²) in [6.07, 6.45) is 0.422. The largest absolute Gasteiger partial charge is 0.457 e. The molecule has 0 N–H and O–H groups in total. The third-order valence-electron chi connectivity index (χ3n) is 7.18. The molecule has 0 aromatic heterocycles. The van der Waals surface area contributed by atoms with Gasteiger partial charge in [-0.15, -0.1) is 0 Å². The minimum atomic E-state index is -1.22. The Morgan fingerprint density at radius 1 is 0.732 bits per heavy atom. The predicted octanol–water partition coefficient (Wildman–Crippen LogP) is 9.33. The number of hydrogen-bond donors (Lipinski definition) is 0. The van der Waals surface area contributed by atoms with Crippen molar-refractivity contribution < 1.29 is 23.8 Å². The van der Waals surface area contributed by atoms with Crippen LogP contribution in [0.5, 0.6) is 23.0 Å². The summed E-state index contributed by atoms with van der Waals surface area (Å²) in [6, 6.07) is 32.4. The van der Waals surface area contributed by atoms with Crippen LogP contribution in [-0.4, -0.2) is 11.8 Å². The first kappa shape index (κ1) is 28.5. The van der Waals surface area contributed by atoms with Crippen LogP contribution in [-0.2, 0) is 9.53 Å². The molecular formula is C34H28Cl2O5. The van der Waals surface area contributed by atoms with Crippen molar-refractivity contribution in [1.29, 1.82) is 0 Å². The molecule has 1 fully saturated rings. The number of halogens is 2. The van der Waals surface area contributed by atoms with E-state index in [1.165, 1.54) is 0 Å². The summed E-state index contributed by atoms with van der Waals surface area (Å²) in [7, 11) is 0. The third kappa shape index (κ3) is 6.82. The van der Waals surface area contributed by atoms with E-state index in [4.69, 9.17) is 37.4 Å². The van der Waals surface area contributed by atoms with Crippen molar-refractivity contribution in [3.63, 3.8) is 0 Å². The number of hydrogen-bond acceptors (Lipinski definition) is 5. The van der Waals surface area contributed by atoms with Gasteiger partial charge in [-0.3, -0.25) is 9.59 Å². The van der Waals surface area contributed by atoms with Crippen molar-refractivity contribution in [3.8, 4) is 23.0 Å². The number of esters is 1. The van der Waals surface area contributed by atoms with E-state index in [2.05, 4.69) is 0 Å². The molecule has 3 atom stereocenters. The molecule has 0 amide bonds. The van der Waals surface area contributed by atoms with Gasteiger partial charge in [0, 0.05) is 11.1 Å². The average Bonchev–Trinajstić information content (AvgIpc) is 3.51. The van der Waals surface area contributed by atoms with Gasteiger partial charge in [-0.05, 0) is 65.9 Å². The first-order chi connectivity index (χ1) is 19.7. The fourth-order valence-electron chi connectivity index (χ4n) is 4.89. The maximum absolute atomic E-state index is 14.0. The number of rotatable bonds is 10. The Morgan fingerprint density at radius 3 is 1.85 bits per heavy atom. The Morgan fingerprint density at radius 2 is 1.27 bits per heavy atom. The smallest absolute Gasteiger partial charge is 0.311 e. The highest BCUT2D eigenvalue weighted by atomic mass is 35.5. The summed E-state index contributed by atoms with van der Waals surface area (Å²) in [4.78, 5) is 27.5. The van der Waals surface area contributed by atoms with Gasteiger partial charge < -0.3 is 14.2 Å². The summed E-state index contributed by atoms with van der Waals surface area (Å²) < 4.78 is 18.0. The second-order valence-corrected chi connectivity index (χ2v) is 11.4. The molecule has 0 saturated heterocycles. The minimum Gasteiger partial charge on any atom is -0.457 e. The van der Waals surface area contributed by atoms with E-state index in [-0.39, 0.29) is 10.4 Å². The number of para-hydroxylation sites is 2. The van der Waals surface area contributed by atoms with Crippen LogP contribution < -0.4 is 9.47 Å². The standard InChI is InChI=1S/C34H28Cl2O5/c1-34(2)28(21-29(35)36)30(34)33(38)41-32(23-12-10-18-27(20-23)40-25-15-7-4-8-16-25)31(37)22-11-9-17-26(19-22)39-24-13-5-3-6-14-24/h3-21,28,30,32H,1-2H3/t28-,30+,32?/m1/s1. The lowest BCUT2D eigenvalue weighted by atomic mass is 9.99. The molecule has 1 aliphatic rings. The van der Waals surface area contributed by atoms with Crippen LogP contribution in [0, 0.1) is 17.3 Å². The third-order valence-corrected chi connectivity index (χ3v) is 7.43. The van der Waals surface area contributed by atoms with E-state index in [1.807, 2.05) is 74.5 Å². The van der Waals surface area contributed by atoms with Gasteiger partial charge in [-0.2, -0.15) is 0 Å². The molecule has 0 radical (unpaired) electrons. The van der Waals surface area contributed by atoms with Crippen LogP contribution in [0.25, 0.3) is 0 Å². The Kier molecular flexibility index (Phi) is 8.48. The molecule has 7 heteroatoms. The topological polar surface area (TPSA) is 61.8 Å². The number of carbonyl (C=O) groups excluding carboxylic acids is 2. The number of ether oxygens (including phenoxy) is 3. The normalized spacial score (nSPS) is 17.6. The van der Waals surface area contributed by atoms with Crippen LogP contribution in [0.15, 0.2) is 120 Å². The van der Waals surface area contributed by atoms with Crippen molar-refractivity contribution in [2.75, 3.05) is 0 Å². The van der Waals surface area contributed by atoms with Crippen molar-refractivity contribution in [2.24, 2.45) is 17.3 Å². The summed E-state index contributed by atoms with van der Waals surface area (Å²) in [5.41, 5.74) is 0.398. The van der Waals surface area contributed by atoms with Gasteiger partial charge >= 0.3 is 5.97 Å². The molecule has 4 aromatic rings. The summed E-state index contributed by atoms with van der Waals surface area (Å²) >= 11 is 11.8. The molecule has 208 valence electrons. The van der Waals surface area contributed by atoms with E-state index >= 15 is 0 Å². The number of benzene rings is 4. The van der Waals surface area contributed by atoms with Crippen molar-refractivity contribution in [1.82, 2.24) is 0 Å². The van der Waals surface area contributed by atoms with Crippen LogP contribution in [0.1, 0.15) is 35.9 Å². The number of Topliss-reactive ketones (excluding diaryl/α,β-unsaturated/α-hetero) is 1. The highest BCUT2D eigenvalue weighted by Gasteiger charge is 2.62. The SMILES string of the molecule is CC1(C)[C@H](C=C(Cl)Cl)[C@H]1C(=O)OC(C(=O)c1cccc(Oc2ccccc2)c1)c1cccc(Oc2ccccc2)c1. The van der Waals surface area contributed by atoms with Crippen molar-refractivity contribution in [3.05, 3.63) is 131 Å². The second kappa shape index (κ2) is 12.2. The molecule has 1 saturated carbocycles. The fraction of sp³-hybridized carbons (Fsp3) is 0.176. The van der Waals surface area contributed by atoms with Gasteiger partial charge in [0.1, 0.15) is 27.5 Å². The molecule has 4 aromatic carbocycles. The lowest BCUT2D eigenvalue weighted by Crippen LogP contribution is -2.22. The molecule has 0 aliphatic heterocycles. The predicted molar refractivity (Wildman–Crippen MR) is 160 cm³/mol. The molecule has 0 bridgehead atoms. The minimum absolute atomic E-state index is 0.0898. The number of ketones is 1. The Balaban J connectivity index is 1.45.